The van der Waals surface area contributed by atoms with Crippen molar-refractivity contribution >= 4 is 5.91 Å². The van der Waals surface area contributed by atoms with Gasteiger partial charge in [-0.2, -0.15) is 4.98 Å². The van der Waals surface area contributed by atoms with Crippen molar-refractivity contribution in [3.63, 3.8) is 0 Å². The summed E-state index contributed by atoms with van der Waals surface area (Å²) in [5.41, 5.74) is 1.47. The Balaban J connectivity index is 1.66. The largest absolute Gasteiger partial charge is 0.355 e. The summed E-state index contributed by atoms with van der Waals surface area (Å²) < 4.78 is 18.6. The Hall–Kier alpha value is -3.09. The maximum atomic E-state index is 13.3. The third kappa shape index (κ3) is 5.70. The molecule has 3 rings (SSSR count). The number of rotatable bonds is 7. The number of aromatic nitrogens is 3. The van der Waals surface area contributed by atoms with Crippen LogP contribution in [0.3, 0.4) is 0 Å². The van der Waals surface area contributed by atoms with Crippen LogP contribution in [0.25, 0.3) is 0 Å². The van der Waals surface area contributed by atoms with E-state index in [1.165, 1.54) is 12.1 Å². The van der Waals surface area contributed by atoms with Gasteiger partial charge in [0.2, 0.25) is 11.8 Å². The minimum Gasteiger partial charge on any atom is -0.355 e. The summed E-state index contributed by atoms with van der Waals surface area (Å²) in [7, 11) is 0. The molecule has 0 fully saturated rings. The Morgan fingerprint density at radius 1 is 1.21 bits per heavy atom. The van der Waals surface area contributed by atoms with Crippen LogP contribution in [0.5, 0.6) is 0 Å². The fraction of sp³-hybridized carbons (Fsp3) is 0.364. The number of halogens is 1. The van der Waals surface area contributed by atoms with Gasteiger partial charge < -0.3 is 9.84 Å². The van der Waals surface area contributed by atoms with Crippen molar-refractivity contribution in [1.29, 1.82) is 0 Å². The van der Waals surface area contributed by atoms with Crippen LogP contribution in [0.15, 0.2) is 53.3 Å². The average molecular weight is 396 g/mol. The van der Waals surface area contributed by atoms with E-state index in [1.807, 2.05) is 32.9 Å². The quantitative estimate of drug-likeness (QED) is 0.660. The van der Waals surface area contributed by atoms with Crippen molar-refractivity contribution in [2.24, 2.45) is 0 Å². The van der Waals surface area contributed by atoms with E-state index >= 15 is 0 Å². The number of hydrogen-bond acceptors (Lipinski definition) is 5. The lowest BCUT2D eigenvalue weighted by Crippen LogP contribution is -2.32. The highest BCUT2D eigenvalue weighted by molar-refractivity contribution is 5.84. The van der Waals surface area contributed by atoms with Crippen LogP contribution in [0.4, 0.5) is 4.39 Å². The zero-order valence-corrected chi connectivity index (χ0v) is 16.9. The van der Waals surface area contributed by atoms with Crippen molar-refractivity contribution < 1.29 is 13.7 Å². The molecule has 2 heterocycles. The van der Waals surface area contributed by atoms with Crippen molar-refractivity contribution in [2.45, 2.75) is 44.9 Å². The molecule has 1 N–H and O–H groups in total. The van der Waals surface area contributed by atoms with Crippen LogP contribution < -0.4 is 5.32 Å². The molecule has 0 aliphatic carbocycles. The van der Waals surface area contributed by atoms with Crippen molar-refractivity contribution in [1.82, 2.24) is 20.4 Å². The second-order valence-electron chi connectivity index (χ2n) is 7.98. The predicted molar refractivity (Wildman–Crippen MR) is 107 cm³/mol. The third-order valence-corrected chi connectivity index (χ3v) is 4.51. The van der Waals surface area contributed by atoms with E-state index in [0.717, 1.165) is 11.1 Å². The Kier molecular flexibility index (Phi) is 6.36. The molecule has 0 radical (unpaired) electrons. The standard InChI is InChI=1S/C22H25FN4O2/c1-22(2,3)21-26-19(27-29-21)10-12-25-20(28)18(13-15-5-4-11-24-14-15)16-6-8-17(23)9-7-16/h4-9,11,14,18H,10,12-13H2,1-3H3,(H,25,28). The number of pyridine rings is 1. The number of amides is 1. The zero-order chi connectivity index (χ0) is 20.9. The molecule has 6 nitrogen and oxygen atoms in total. The lowest BCUT2D eigenvalue weighted by atomic mass is 9.91. The predicted octanol–water partition coefficient (Wildman–Crippen LogP) is 3.59. The van der Waals surface area contributed by atoms with Gasteiger partial charge in [0.25, 0.3) is 0 Å². The second kappa shape index (κ2) is 8.94. The molecule has 2 aromatic heterocycles. The van der Waals surface area contributed by atoms with Gasteiger partial charge in [-0.3, -0.25) is 9.78 Å². The second-order valence-corrected chi connectivity index (χ2v) is 7.98. The topological polar surface area (TPSA) is 80.9 Å². The minimum atomic E-state index is -0.449. The Morgan fingerprint density at radius 2 is 1.97 bits per heavy atom. The Labute approximate surface area is 169 Å². The van der Waals surface area contributed by atoms with E-state index in [-0.39, 0.29) is 17.1 Å². The zero-order valence-electron chi connectivity index (χ0n) is 16.9. The highest BCUT2D eigenvalue weighted by atomic mass is 19.1. The summed E-state index contributed by atoms with van der Waals surface area (Å²) in [4.78, 5) is 21.4. The number of nitrogens with one attached hydrogen (secondary N) is 1. The molecule has 0 aliphatic rings. The maximum Gasteiger partial charge on any atom is 0.232 e. The molecule has 29 heavy (non-hydrogen) atoms. The number of carbonyl (C=O) groups is 1. The van der Waals surface area contributed by atoms with Gasteiger partial charge in [0, 0.05) is 30.8 Å². The Bertz CT molecular complexity index is 933. The van der Waals surface area contributed by atoms with E-state index in [0.29, 0.717) is 31.1 Å². The van der Waals surface area contributed by atoms with Gasteiger partial charge in [-0.25, -0.2) is 4.39 Å². The highest BCUT2D eigenvalue weighted by Crippen LogP contribution is 2.22. The number of nitrogens with zero attached hydrogens (tertiary/aromatic N) is 3. The van der Waals surface area contributed by atoms with Gasteiger partial charge in [-0.1, -0.05) is 44.1 Å². The van der Waals surface area contributed by atoms with Gasteiger partial charge in [-0.05, 0) is 35.7 Å². The lowest BCUT2D eigenvalue weighted by molar-refractivity contribution is -0.122. The number of carbonyl (C=O) groups excluding carboxylic acids is 1. The molecule has 1 amide bonds. The molecule has 1 aromatic carbocycles. The number of benzene rings is 1. The van der Waals surface area contributed by atoms with Crippen molar-refractivity contribution in [3.05, 3.63) is 77.5 Å². The summed E-state index contributed by atoms with van der Waals surface area (Å²) in [6.07, 6.45) is 4.36. The highest BCUT2D eigenvalue weighted by Gasteiger charge is 2.23. The minimum absolute atomic E-state index is 0.139. The van der Waals surface area contributed by atoms with Crippen LogP contribution in [-0.2, 0) is 23.1 Å². The van der Waals surface area contributed by atoms with E-state index in [9.17, 15) is 9.18 Å². The maximum absolute atomic E-state index is 13.3. The fourth-order valence-corrected chi connectivity index (χ4v) is 2.89. The molecule has 1 atom stereocenters. The molecule has 0 bridgehead atoms. The smallest absolute Gasteiger partial charge is 0.232 e. The molecule has 0 spiro atoms. The summed E-state index contributed by atoms with van der Waals surface area (Å²) in [5.74, 6) is 0.205. The third-order valence-electron chi connectivity index (χ3n) is 4.51. The normalized spacial score (nSPS) is 12.6. The molecule has 3 aromatic rings. The molecule has 0 aliphatic heterocycles. The van der Waals surface area contributed by atoms with Crippen LogP contribution in [-0.4, -0.2) is 27.6 Å². The Morgan fingerprint density at radius 3 is 2.59 bits per heavy atom. The average Bonchev–Trinajstić information content (AvgIpc) is 3.17. The summed E-state index contributed by atoms with van der Waals surface area (Å²) in [6.45, 7) is 6.38. The van der Waals surface area contributed by atoms with Crippen LogP contribution >= 0.6 is 0 Å². The summed E-state index contributed by atoms with van der Waals surface area (Å²) >= 11 is 0. The first kappa shape index (κ1) is 20.6. The van der Waals surface area contributed by atoms with Crippen LogP contribution in [0, 0.1) is 5.82 Å². The molecule has 7 heteroatoms. The molecule has 0 saturated carbocycles. The van der Waals surface area contributed by atoms with Gasteiger partial charge in [-0.15, -0.1) is 0 Å². The van der Waals surface area contributed by atoms with E-state index in [4.69, 9.17) is 4.52 Å². The van der Waals surface area contributed by atoms with Crippen molar-refractivity contribution in [2.75, 3.05) is 6.54 Å². The van der Waals surface area contributed by atoms with Crippen LogP contribution in [0.1, 0.15) is 49.5 Å². The SMILES string of the molecule is CC(C)(C)c1nc(CCNC(=O)C(Cc2cccnc2)c2ccc(F)cc2)no1. The van der Waals surface area contributed by atoms with E-state index < -0.39 is 5.92 Å². The van der Waals surface area contributed by atoms with Gasteiger partial charge in [0.1, 0.15) is 5.82 Å². The number of hydrogen-bond donors (Lipinski definition) is 1. The van der Waals surface area contributed by atoms with Crippen molar-refractivity contribution in [3.8, 4) is 0 Å². The van der Waals surface area contributed by atoms with E-state index in [2.05, 4.69) is 20.4 Å². The molecular formula is C22H25FN4O2. The molecular weight excluding hydrogens is 371 g/mol. The summed E-state index contributed by atoms with van der Waals surface area (Å²) in [6, 6.07) is 9.77. The van der Waals surface area contributed by atoms with Gasteiger partial charge in [0.15, 0.2) is 5.82 Å². The molecule has 1 unspecified atom stereocenters. The first-order valence-electron chi connectivity index (χ1n) is 9.58. The molecule has 0 saturated heterocycles. The fourth-order valence-electron chi connectivity index (χ4n) is 2.89. The first-order valence-corrected chi connectivity index (χ1v) is 9.58. The van der Waals surface area contributed by atoms with Crippen LogP contribution in [0.2, 0.25) is 0 Å². The first-order chi connectivity index (χ1) is 13.8. The lowest BCUT2D eigenvalue weighted by Gasteiger charge is -2.17. The summed E-state index contributed by atoms with van der Waals surface area (Å²) in [5, 5.41) is 6.91. The van der Waals surface area contributed by atoms with Gasteiger partial charge >= 0.3 is 0 Å². The monoisotopic (exact) mass is 396 g/mol. The van der Waals surface area contributed by atoms with E-state index in [1.54, 1.807) is 24.5 Å². The molecule has 152 valence electrons. The van der Waals surface area contributed by atoms with Gasteiger partial charge in [0.05, 0.1) is 5.92 Å².